The predicted molar refractivity (Wildman–Crippen MR) is 86.8 cm³/mol. The second kappa shape index (κ2) is 4.30. The minimum atomic E-state index is -0.207. The molecule has 2 atom stereocenters. The topological polar surface area (TPSA) is 17.1 Å². The average molecular weight is 333 g/mol. The van der Waals surface area contributed by atoms with Gasteiger partial charge in [0.15, 0.2) is 5.78 Å². The molecule has 106 valence electrons. The van der Waals surface area contributed by atoms with Crippen LogP contribution in [-0.2, 0) is 4.79 Å². The first-order valence-electron chi connectivity index (χ1n) is 7.27. The summed E-state index contributed by atoms with van der Waals surface area (Å²) in [6.45, 7) is 6.70. The number of rotatable bonds is 2. The number of alkyl halides is 1. The Morgan fingerprint density at radius 1 is 1.15 bits per heavy atom. The van der Waals surface area contributed by atoms with Crippen molar-refractivity contribution < 1.29 is 4.79 Å². The van der Waals surface area contributed by atoms with Crippen molar-refractivity contribution in [2.75, 3.05) is 5.33 Å². The Morgan fingerprint density at radius 3 is 2.40 bits per heavy atom. The molecule has 2 fully saturated rings. The minimum absolute atomic E-state index is 0.0151. The molecule has 2 aliphatic rings. The van der Waals surface area contributed by atoms with E-state index < -0.39 is 0 Å². The number of carbonyl (C=O) groups is 1. The van der Waals surface area contributed by atoms with Gasteiger partial charge in [0.1, 0.15) is 0 Å². The molecule has 2 saturated carbocycles. The quantitative estimate of drug-likeness (QED) is 0.558. The monoisotopic (exact) mass is 332 g/mol. The maximum Gasteiger partial charge on any atom is 0.165 e. The summed E-state index contributed by atoms with van der Waals surface area (Å²) in [4.78, 5) is 13.0. The van der Waals surface area contributed by atoms with Crippen molar-refractivity contribution in [2.45, 2.75) is 33.6 Å². The molecular weight excluding hydrogens is 312 g/mol. The van der Waals surface area contributed by atoms with Crippen LogP contribution in [0, 0.1) is 16.2 Å². The van der Waals surface area contributed by atoms with Crippen molar-refractivity contribution in [2.24, 2.45) is 16.2 Å². The van der Waals surface area contributed by atoms with Gasteiger partial charge in [-0.25, -0.2) is 0 Å². The first-order valence-corrected chi connectivity index (χ1v) is 8.39. The van der Waals surface area contributed by atoms with Crippen LogP contribution in [0.5, 0.6) is 0 Å². The zero-order chi connectivity index (χ0) is 14.6. The van der Waals surface area contributed by atoms with E-state index in [1.807, 2.05) is 18.2 Å². The van der Waals surface area contributed by atoms with Crippen LogP contribution in [0.1, 0.15) is 39.2 Å². The first kappa shape index (κ1) is 14.1. The van der Waals surface area contributed by atoms with Gasteiger partial charge in [-0.2, -0.15) is 0 Å². The lowest BCUT2D eigenvalue weighted by molar-refractivity contribution is -0.125. The molecule has 0 saturated heterocycles. The number of hydrogen-bond acceptors (Lipinski definition) is 1. The fraction of sp³-hybridized carbons (Fsp3) is 0.500. The summed E-state index contributed by atoms with van der Waals surface area (Å²) in [7, 11) is 0. The van der Waals surface area contributed by atoms with E-state index >= 15 is 0 Å². The standard InChI is InChI=1S/C18H21BrO/c1-16(2)17(3)9-10-18(16,12-19)14(15(17)20)11-13-7-5-4-6-8-13/h4-8,11H,9-10,12H2,1-3H3. The van der Waals surface area contributed by atoms with Gasteiger partial charge < -0.3 is 0 Å². The molecule has 2 bridgehead atoms. The van der Waals surface area contributed by atoms with Crippen molar-refractivity contribution in [1.29, 1.82) is 0 Å². The molecule has 0 radical (unpaired) electrons. The van der Waals surface area contributed by atoms with E-state index in [2.05, 4.69) is 54.9 Å². The van der Waals surface area contributed by atoms with E-state index in [9.17, 15) is 4.79 Å². The highest BCUT2D eigenvalue weighted by Gasteiger charge is 2.71. The Kier molecular flexibility index (Phi) is 3.02. The Bertz CT molecular complexity index is 587. The lowest BCUT2D eigenvalue weighted by atomic mass is 9.65. The van der Waals surface area contributed by atoms with Crippen molar-refractivity contribution in [3.05, 3.63) is 41.5 Å². The summed E-state index contributed by atoms with van der Waals surface area (Å²) in [5.41, 5.74) is 1.94. The molecule has 0 aliphatic heterocycles. The molecule has 1 aromatic rings. The van der Waals surface area contributed by atoms with Crippen LogP contribution in [-0.4, -0.2) is 11.1 Å². The van der Waals surface area contributed by atoms with Crippen LogP contribution in [0.25, 0.3) is 6.08 Å². The molecule has 1 aromatic carbocycles. The third-order valence-electron chi connectivity index (χ3n) is 6.23. The van der Waals surface area contributed by atoms with Gasteiger partial charge in [-0.05, 0) is 29.9 Å². The van der Waals surface area contributed by atoms with Crippen LogP contribution in [0.4, 0.5) is 0 Å². The number of carbonyl (C=O) groups excluding carboxylic acids is 1. The van der Waals surface area contributed by atoms with Gasteiger partial charge in [-0.15, -0.1) is 0 Å². The van der Waals surface area contributed by atoms with Crippen molar-refractivity contribution in [3.63, 3.8) is 0 Å². The average Bonchev–Trinajstić information content (AvgIpc) is 2.71. The molecule has 20 heavy (non-hydrogen) atoms. The maximum atomic E-state index is 13.0. The second-order valence-corrected chi connectivity index (χ2v) is 7.53. The fourth-order valence-corrected chi connectivity index (χ4v) is 5.51. The molecule has 2 unspecified atom stereocenters. The summed E-state index contributed by atoms with van der Waals surface area (Å²) in [5, 5.41) is 0.868. The molecule has 3 rings (SSSR count). The number of fused-ring (bicyclic) bond motifs is 2. The first-order chi connectivity index (χ1) is 9.39. The lowest BCUT2D eigenvalue weighted by Gasteiger charge is -2.39. The Labute approximate surface area is 129 Å². The smallest absolute Gasteiger partial charge is 0.165 e. The summed E-state index contributed by atoms with van der Waals surface area (Å²) in [6, 6.07) is 10.2. The predicted octanol–water partition coefficient (Wildman–Crippen LogP) is 4.86. The summed E-state index contributed by atoms with van der Waals surface area (Å²) >= 11 is 3.71. The van der Waals surface area contributed by atoms with Gasteiger partial charge in [-0.1, -0.05) is 67.0 Å². The highest BCUT2D eigenvalue weighted by atomic mass is 79.9. The summed E-state index contributed by atoms with van der Waals surface area (Å²) < 4.78 is 0. The molecule has 0 amide bonds. The largest absolute Gasteiger partial charge is 0.294 e. The van der Waals surface area contributed by atoms with Crippen LogP contribution >= 0.6 is 15.9 Å². The van der Waals surface area contributed by atoms with E-state index in [-0.39, 0.29) is 16.2 Å². The van der Waals surface area contributed by atoms with Gasteiger partial charge in [-0.3, -0.25) is 4.79 Å². The second-order valence-electron chi connectivity index (χ2n) is 6.97. The van der Waals surface area contributed by atoms with Crippen LogP contribution in [0.15, 0.2) is 35.9 Å². The number of Topliss-reactive ketones (excluding diaryl/α,β-unsaturated/α-hetero) is 1. The Hall–Kier alpha value is -0.890. The van der Waals surface area contributed by atoms with E-state index in [1.54, 1.807) is 0 Å². The Balaban J connectivity index is 2.18. The van der Waals surface area contributed by atoms with Crippen LogP contribution in [0.3, 0.4) is 0 Å². The fourth-order valence-electron chi connectivity index (χ4n) is 4.23. The van der Waals surface area contributed by atoms with E-state index in [0.717, 1.165) is 29.3 Å². The molecule has 0 heterocycles. The minimum Gasteiger partial charge on any atom is -0.294 e. The normalized spacial score (nSPS) is 36.8. The van der Waals surface area contributed by atoms with Gasteiger partial charge in [0.2, 0.25) is 0 Å². The molecular formula is C18H21BrO. The number of ketones is 1. The van der Waals surface area contributed by atoms with Crippen molar-refractivity contribution in [3.8, 4) is 0 Å². The van der Waals surface area contributed by atoms with E-state index in [0.29, 0.717) is 5.78 Å². The zero-order valence-electron chi connectivity index (χ0n) is 12.4. The van der Waals surface area contributed by atoms with Crippen molar-refractivity contribution in [1.82, 2.24) is 0 Å². The number of benzene rings is 1. The molecule has 2 aliphatic carbocycles. The molecule has 2 heteroatoms. The van der Waals surface area contributed by atoms with Gasteiger partial charge >= 0.3 is 0 Å². The van der Waals surface area contributed by atoms with Gasteiger partial charge in [0.05, 0.1) is 0 Å². The lowest BCUT2D eigenvalue weighted by Crippen LogP contribution is -2.36. The number of halogens is 1. The Morgan fingerprint density at radius 2 is 1.80 bits per heavy atom. The van der Waals surface area contributed by atoms with E-state index in [4.69, 9.17) is 0 Å². The number of allylic oxidation sites excluding steroid dienone is 1. The molecule has 0 aromatic heterocycles. The van der Waals surface area contributed by atoms with Crippen molar-refractivity contribution >= 4 is 27.8 Å². The third-order valence-corrected chi connectivity index (χ3v) is 7.18. The summed E-state index contributed by atoms with van der Waals surface area (Å²) in [5.74, 6) is 0.358. The third kappa shape index (κ3) is 1.46. The van der Waals surface area contributed by atoms with E-state index in [1.165, 1.54) is 0 Å². The SMILES string of the molecule is CC12CCC(CBr)(C(=Cc3ccccc3)C1=O)C2(C)C. The zero-order valence-corrected chi connectivity index (χ0v) is 14.0. The van der Waals surface area contributed by atoms with Crippen LogP contribution < -0.4 is 0 Å². The summed E-state index contributed by atoms with van der Waals surface area (Å²) in [6.07, 6.45) is 4.23. The highest BCUT2D eigenvalue weighted by molar-refractivity contribution is 9.09. The number of hydrogen-bond donors (Lipinski definition) is 0. The van der Waals surface area contributed by atoms with Gasteiger partial charge in [0, 0.05) is 21.7 Å². The maximum absolute atomic E-state index is 13.0. The van der Waals surface area contributed by atoms with Gasteiger partial charge in [0.25, 0.3) is 0 Å². The molecule has 0 spiro atoms. The highest BCUT2D eigenvalue weighted by Crippen LogP contribution is 2.73. The molecule has 0 N–H and O–H groups in total. The van der Waals surface area contributed by atoms with Crippen LogP contribution in [0.2, 0.25) is 0 Å². The molecule has 1 nitrogen and oxygen atoms in total.